The minimum atomic E-state index is -0.300. The number of nitrogens with one attached hydrogen (secondary N) is 1. The van der Waals surface area contributed by atoms with E-state index in [0.29, 0.717) is 17.9 Å². The number of rotatable bonds is 7. The van der Waals surface area contributed by atoms with E-state index in [2.05, 4.69) is 10.4 Å². The normalized spacial score (nSPS) is 15.6. The van der Waals surface area contributed by atoms with Crippen molar-refractivity contribution < 1.29 is 19.1 Å². The van der Waals surface area contributed by atoms with Gasteiger partial charge in [0.1, 0.15) is 6.54 Å². The number of likely N-dealkylation sites (N-methyl/N-ethyl adjacent to an activating group) is 1. The van der Waals surface area contributed by atoms with Crippen LogP contribution in [-0.4, -0.2) is 61.4 Å². The Morgan fingerprint density at radius 3 is 2.61 bits per heavy atom. The van der Waals surface area contributed by atoms with Crippen LogP contribution in [-0.2, 0) is 4.79 Å². The van der Waals surface area contributed by atoms with Crippen molar-refractivity contribution >= 4 is 29.0 Å². The molecule has 0 unspecified atom stereocenters. The standard InChI is InChI=1S/C22H28N4O4S/c1-14(2)23-22(28)25(3)13-21(27)26-17(12-16(24-26)20-7-6-10-31-20)15-8-9-18(29-4)19(11-15)30-5/h6-11,14,17H,12-13H2,1-5H3,(H,23,28)/t17-/m1/s1. The number of carbonyl (C=O) groups excluding carboxylic acids is 2. The Hall–Kier alpha value is -3.07. The number of hydrogen-bond acceptors (Lipinski definition) is 6. The molecule has 9 heteroatoms. The first-order valence-corrected chi connectivity index (χ1v) is 10.9. The van der Waals surface area contributed by atoms with E-state index in [0.717, 1.165) is 16.2 Å². The second-order valence-electron chi connectivity index (χ2n) is 7.56. The molecular weight excluding hydrogens is 416 g/mol. The van der Waals surface area contributed by atoms with Gasteiger partial charge in [0, 0.05) is 19.5 Å². The van der Waals surface area contributed by atoms with Crippen LogP contribution < -0.4 is 14.8 Å². The first-order chi connectivity index (χ1) is 14.8. The Labute approximate surface area is 186 Å². The van der Waals surface area contributed by atoms with Gasteiger partial charge in [-0.05, 0) is 43.0 Å². The number of carbonyl (C=O) groups is 2. The van der Waals surface area contributed by atoms with Gasteiger partial charge in [0.25, 0.3) is 5.91 Å². The summed E-state index contributed by atoms with van der Waals surface area (Å²) in [6.07, 6.45) is 0.573. The van der Waals surface area contributed by atoms with Crippen LogP contribution in [0.4, 0.5) is 4.79 Å². The van der Waals surface area contributed by atoms with Gasteiger partial charge >= 0.3 is 6.03 Å². The second-order valence-corrected chi connectivity index (χ2v) is 8.50. The van der Waals surface area contributed by atoms with Crippen LogP contribution >= 0.6 is 11.3 Å². The number of hydrazone groups is 1. The molecule has 0 fully saturated rings. The van der Waals surface area contributed by atoms with E-state index in [-0.39, 0.29) is 30.6 Å². The minimum absolute atomic E-state index is 0.0141. The Morgan fingerprint density at radius 2 is 2.00 bits per heavy atom. The Morgan fingerprint density at radius 1 is 1.26 bits per heavy atom. The number of amides is 3. The van der Waals surface area contributed by atoms with Crippen molar-refractivity contribution in [1.29, 1.82) is 0 Å². The SMILES string of the molecule is COc1ccc([C@H]2CC(c3cccs3)=NN2C(=O)CN(C)C(=O)NC(C)C)cc1OC. The molecular formula is C22H28N4O4S. The van der Waals surface area contributed by atoms with Gasteiger partial charge in [0.2, 0.25) is 0 Å². The fourth-order valence-corrected chi connectivity index (χ4v) is 4.08. The lowest BCUT2D eigenvalue weighted by atomic mass is 10.0. The molecule has 1 aliphatic heterocycles. The molecule has 1 N–H and O–H groups in total. The summed E-state index contributed by atoms with van der Waals surface area (Å²) in [5.41, 5.74) is 1.73. The molecule has 166 valence electrons. The third kappa shape index (κ3) is 5.16. The topological polar surface area (TPSA) is 83.5 Å². The van der Waals surface area contributed by atoms with E-state index < -0.39 is 0 Å². The fraction of sp³-hybridized carbons (Fsp3) is 0.409. The molecule has 0 spiro atoms. The molecule has 1 aromatic heterocycles. The average molecular weight is 445 g/mol. The molecule has 2 aromatic rings. The highest BCUT2D eigenvalue weighted by Crippen LogP contribution is 2.37. The summed E-state index contributed by atoms with van der Waals surface area (Å²) in [7, 11) is 4.76. The Balaban J connectivity index is 1.87. The van der Waals surface area contributed by atoms with Crippen LogP contribution in [0, 0.1) is 0 Å². The summed E-state index contributed by atoms with van der Waals surface area (Å²) >= 11 is 1.58. The number of nitrogens with zero attached hydrogens (tertiary/aromatic N) is 3. The van der Waals surface area contributed by atoms with Crippen LogP contribution in [0.2, 0.25) is 0 Å². The predicted molar refractivity (Wildman–Crippen MR) is 121 cm³/mol. The predicted octanol–water partition coefficient (Wildman–Crippen LogP) is 3.49. The van der Waals surface area contributed by atoms with Gasteiger partial charge < -0.3 is 19.7 Å². The molecule has 0 saturated heterocycles. The van der Waals surface area contributed by atoms with Gasteiger partial charge in [-0.2, -0.15) is 5.10 Å². The number of ether oxygens (including phenoxy) is 2. The third-order valence-electron chi connectivity index (χ3n) is 4.90. The highest BCUT2D eigenvalue weighted by molar-refractivity contribution is 7.12. The molecule has 0 radical (unpaired) electrons. The van der Waals surface area contributed by atoms with E-state index in [1.807, 2.05) is 49.6 Å². The third-order valence-corrected chi connectivity index (χ3v) is 5.81. The molecule has 2 heterocycles. The average Bonchev–Trinajstić information content (AvgIpc) is 3.42. The van der Waals surface area contributed by atoms with Crippen molar-refractivity contribution in [3.63, 3.8) is 0 Å². The molecule has 8 nitrogen and oxygen atoms in total. The maximum absolute atomic E-state index is 13.2. The quantitative estimate of drug-likeness (QED) is 0.709. The maximum atomic E-state index is 13.2. The van der Waals surface area contributed by atoms with Crippen molar-refractivity contribution in [1.82, 2.24) is 15.2 Å². The van der Waals surface area contributed by atoms with Gasteiger partial charge in [0.15, 0.2) is 11.5 Å². The highest BCUT2D eigenvalue weighted by Gasteiger charge is 2.34. The van der Waals surface area contributed by atoms with Crippen molar-refractivity contribution in [3.8, 4) is 11.5 Å². The maximum Gasteiger partial charge on any atom is 0.317 e. The van der Waals surface area contributed by atoms with Crippen LogP contribution in [0.15, 0.2) is 40.8 Å². The first-order valence-electron chi connectivity index (χ1n) is 10.0. The number of benzene rings is 1. The van der Waals surface area contributed by atoms with Gasteiger partial charge in [-0.15, -0.1) is 11.3 Å². The van der Waals surface area contributed by atoms with Crippen LogP contribution in [0.25, 0.3) is 0 Å². The number of urea groups is 1. The van der Waals surface area contributed by atoms with E-state index in [4.69, 9.17) is 9.47 Å². The van der Waals surface area contributed by atoms with E-state index in [1.54, 1.807) is 32.6 Å². The monoisotopic (exact) mass is 444 g/mol. The molecule has 0 saturated carbocycles. The highest BCUT2D eigenvalue weighted by atomic mass is 32.1. The molecule has 1 atom stereocenters. The second kappa shape index (κ2) is 9.82. The summed E-state index contributed by atoms with van der Waals surface area (Å²) in [4.78, 5) is 27.8. The fourth-order valence-electron chi connectivity index (χ4n) is 3.36. The number of hydrogen-bond donors (Lipinski definition) is 1. The molecule has 0 bridgehead atoms. The summed E-state index contributed by atoms with van der Waals surface area (Å²) < 4.78 is 10.8. The number of thiophene rings is 1. The molecule has 3 rings (SSSR count). The first kappa shape index (κ1) is 22.6. The zero-order chi connectivity index (χ0) is 22.5. The van der Waals surface area contributed by atoms with E-state index in [1.165, 1.54) is 9.91 Å². The summed E-state index contributed by atoms with van der Waals surface area (Å²) in [5.74, 6) is 0.949. The van der Waals surface area contributed by atoms with Crippen molar-refractivity contribution in [2.24, 2.45) is 5.10 Å². The summed E-state index contributed by atoms with van der Waals surface area (Å²) in [5, 5.41) is 10.9. The molecule has 1 aromatic carbocycles. The van der Waals surface area contributed by atoms with Crippen LogP contribution in [0.3, 0.4) is 0 Å². The summed E-state index contributed by atoms with van der Waals surface area (Å²) in [6, 6.07) is 8.94. The van der Waals surface area contributed by atoms with Gasteiger partial charge in [0.05, 0.1) is 30.9 Å². The van der Waals surface area contributed by atoms with Gasteiger partial charge in [-0.3, -0.25) is 4.79 Å². The lowest BCUT2D eigenvalue weighted by Crippen LogP contribution is -2.45. The molecule has 0 aliphatic carbocycles. The molecule has 31 heavy (non-hydrogen) atoms. The van der Waals surface area contributed by atoms with Crippen LogP contribution in [0.1, 0.15) is 36.8 Å². The Kier molecular flexibility index (Phi) is 7.17. The minimum Gasteiger partial charge on any atom is -0.493 e. The van der Waals surface area contributed by atoms with Crippen molar-refractivity contribution in [2.75, 3.05) is 27.8 Å². The van der Waals surface area contributed by atoms with Gasteiger partial charge in [-0.25, -0.2) is 9.80 Å². The smallest absolute Gasteiger partial charge is 0.317 e. The van der Waals surface area contributed by atoms with E-state index in [9.17, 15) is 9.59 Å². The lowest BCUT2D eigenvalue weighted by Gasteiger charge is -2.26. The van der Waals surface area contributed by atoms with Crippen LogP contribution in [0.5, 0.6) is 11.5 Å². The molecule has 3 amide bonds. The zero-order valence-electron chi connectivity index (χ0n) is 18.4. The zero-order valence-corrected chi connectivity index (χ0v) is 19.2. The van der Waals surface area contributed by atoms with Gasteiger partial charge in [-0.1, -0.05) is 12.1 Å². The Bertz CT molecular complexity index is 958. The van der Waals surface area contributed by atoms with E-state index >= 15 is 0 Å². The number of methoxy groups -OCH3 is 2. The van der Waals surface area contributed by atoms with Crippen molar-refractivity contribution in [2.45, 2.75) is 32.4 Å². The van der Waals surface area contributed by atoms with Crippen molar-refractivity contribution in [3.05, 3.63) is 46.2 Å². The largest absolute Gasteiger partial charge is 0.493 e. The summed E-state index contributed by atoms with van der Waals surface area (Å²) in [6.45, 7) is 3.67. The lowest BCUT2D eigenvalue weighted by molar-refractivity contribution is -0.133. The molecule has 1 aliphatic rings.